The van der Waals surface area contributed by atoms with E-state index in [4.69, 9.17) is 0 Å². The molecule has 1 fully saturated rings. The molecule has 20 heavy (non-hydrogen) atoms. The molecule has 1 heterocycles. The zero-order valence-electron chi connectivity index (χ0n) is 10.8. The number of para-hydroxylation sites is 1. The Hall–Kier alpha value is -1.47. The van der Waals surface area contributed by atoms with E-state index in [0.29, 0.717) is 26.2 Å². The van der Waals surface area contributed by atoms with Gasteiger partial charge in [-0.1, -0.05) is 12.1 Å². The highest BCUT2D eigenvalue weighted by Gasteiger charge is 2.37. The topological polar surface area (TPSA) is 55.7 Å². The number of benzene rings is 1. The lowest BCUT2D eigenvalue weighted by Gasteiger charge is -2.35. The molecule has 0 aliphatic carbocycles. The van der Waals surface area contributed by atoms with Gasteiger partial charge >= 0.3 is 6.18 Å². The molecule has 0 saturated carbocycles. The van der Waals surface area contributed by atoms with Crippen molar-refractivity contribution in [2.75, 3.05) is 26.2 Å². The average Bonchev–Trinajstić information content (AvgIpc) is 2.40. The summed E-state index contributed by atoms with van der Waals surface area (Å²) in [5, 5.41) is 22.4. The zero-order chi connectivity index (χ0) is 14.8. The average molecular weight is 290 g/mol. The van der Waals surface area contributed by atoms with Crippen LogP contribution in [0.3, 0.4) is 0 Å². The molecule has 4 nitrogen and oxygen atoms in total. The number of aromatic hydroxyl groups is 2. The fourth-order valence-corrected chi connectivity index (χ4v) is 2.47. The van der Waals surface area contributed by atoms with E-state index in [1.807, 2.05) is 0 Å². The van der Waals surface area contributed by atoms with Gasteiger partial charge in [0.1, 0.15) is 0 Å². The van der Waals surface area contributed by atoms with Gasteiger partial charge in [-0.15, -0.1) is 0 Å². The minimum Gasteiger partial charge on any atom is -0.504 e. The van der Waals surface area contributed by atoms with Gasteiger partial charge in [0.2, 0.25) is 0 Å². The lowest BCUT2D eigenvalue weighted by Crippen LogP contribution is -2.46. The second-order valence-electron chi connectivity index (χ2n) is 4.84. The SMILES string of the molecule is Oc1cccc([C@H](CC(F)(F)F)N2CCNCC2)c1O. The highest BCUT2D eigenvalue weighted by molar-refractivity contribution is 5.46. The van der Waals surface area contributed by atoms with Gasteiger partial charge in [0.05, 0.1) is 6.42 Å². The highest BCUT2D eigenvalue weighted by atomic mass is 19.4. The first kappa shape index (κ1) is 14.9. The molecule has 1 aromatic rings. The van der Waals surface area contributed by atoms with E-state index in [2.05, 4.69) is 5.32 Å². The molecule has 0 radical (unpaired) electrons. The predicted octanol–water partition coefficient (Wildman–Crippen LogP) is 2.00. The molecule has 112 valence electrons. The summed E-state index contributed by atoms with van der Waals surface area (Å²) >= 11 is 0. The first-order valence-corrected chi connectivity index (χ1v) is 6.41. The molecule has 1 aromatic carbocycles. The molecular formula is C13H17F3N2O2. The lowest BCUT2D eigenvalue weighted by molar-refractivity contribution is -0.148. The lowest BCUT2D eigenvalue weighted by atomic mass is 9.99. The van der Waals surface area contributed by atoms with Crippen LogP contribution in [0.25, 0.3) is 0 Å². The first-order chi connectivity index (χ1) is 9.38. The van der Waals surface area contributed by atoms with Crippen LogP contribution in [0.2, 0.25) is 0 Å². The van der Waals surface area contributed by atoms with Crippen LogP contribution in [-0.4, -0.2) is 47.5 Å². The van der Waals surface area contributed by atoms with Crippen LogP contribution in [0.5, 0.6) is 11.5 Å². The normalized spacial score (nSPS) is 18.9. The maximum atomic E-state index is 12.8. The minimum absolute atomic E-state index is 0.115. The summed E-state index contributed by atoms with van der Waals surface area (Å²) in [5.41, 5.74) is 0.115. The quantitative estimate of drug-likeness (QED) is 0.745. The van der Waals surface area contributed by atoms with Crippen LogP contribution in [0.15, 0.2) is 18.2 Å². The number of alkyl halides is 3. The molecule has 7 heteroatoms. The van der Waals surface area contributed by atoms with Gasteiger partial charge in [-0.05, 0) is 6.07 Å². The molecule has 0 aromatic heterocycles. The number of phenolic OH excluding ortho intramolecular Hbond substituents is 2. The largest absolute Gasteiger partial charge is 0.504 e. The molecule has 0 unspecified atom stereocenters. The van der Waals surface area contributed by atoms with Crippen LogP contribution in [0.4, 0.5) is 13.2 Å². The van der Waals surface area contributed by atoms with Gasteiger partial charge < -0.3 is 15.5 Å². The highest BCUT2D eigenvalue weighted by Crippen LogP contribution is 2.40. The van der Waals surface area contributed by atoms with Crippen LogP contribution < -0.4 is 5.32 Å². The van der Waals surface area contributed by atoms with E-state index in [0.717, 1.165) is 0 Å². The molecule has 3 N–H and O–H groups in total. The van der Waals surface area contributed by atoms with E-state index in [1.54, 1.807) is 4.90 Å². The van der Waals surface area contributed by atoms with Gasteiger partial charge in [0.25, 0.3) is 0 Å². The Morgan fingerprint density at radius 2 is 1.85 bits per heavy atom. The number of phenols is 2. The van der Waals surface area contributed by atoms with E-state index in [-0.39, 0.29) is 5.56 Å². The minimum atomic E-state index is -4.34. The standard InChI is InChI=1S/C13H17F3N2O2/c14-13(15,16)8-10(18-6-4-17-5-7-18)9-2-1-3-11(19)12(9)20/h1-3,10,17,19-20H,4-8H2/t10-/m0/s1. The van der Waals surface area contributed by atoms with Crippen molar-refractivity contribution in [2.45, 2.75) is 18.6 Å². The van der Waals surface area contributed by atoms with Crippen LogP contribution in [0, 0.1) is 0 Å². The van der Waals surface area contributed by atoms with E-state index in [9.17, 15) is 23.4 Å². The summed E-state index contributed by atoms with van der Waals surface area (Å²) in [6.45, 7) is 2.15. The van der Waals surface area contributed by atoms with Gasteiger partial charge in [0.15, 0.2) is 11.5 Å². The van der Waals surface area contributed by atoms with Gasteiger partial charge in [-0.3, -0.25) is 4.90 Å². The van der Waals surface area contributed by atoms with Gasteiger partial charge in [-0.2, -0.15) is 13.2 Å². The third kappa shape index (κ3) is 3.55. The fraction of sp³-hybridized carbons (Fsp3) is 0.538. The number of nitrogens with one attached hydrogen (secondary N) is 1. The monoisotopic (exact) mass is 290 g/mol. The summed E-state index contributed by atoms with van der Waals surface area (Å²) < 4.78 is 38.4. The maximum absolute atomic E-state index is 12.8. The molecule has 1 aliphatic rings. The number of rotatable bonds is 3. The Labute approximate surface area is 114 Å². The molecular weight excluding hydrogens is 273 g/mol. The Morgan fingerprint density at radius 3 is 2.45 bits per heavy atom. The smallest absolute Gasteiger partial charge is 0.390 e. The molecule has 0 amide bonds. The fourth-order valence-electron chi connectivity index (χ4n) is 2.47. The molecule has 1 saturated heterocycles. The van der Waals surface area contributed by atoms with Crippen molar-refractivity contribution < 1.29 is 23.4 Å². The summed E-state index contributed by atoms with van der Waals surface area (Å²) in [6, 6.07) is 3.13. The van der Waals surface area contributed by atoms with Crippen LogP contribution in [0.1, 0.15) is 18.0 Å². The van der Waals surface area contributed by atoms with Crippen molar-refractivity contribution in [1.82, 2.24) is 10.2 Å². The summed E-state index contributed by atoms with van der Waals surface area (Å²) in [7, 11) is 0. The number of piperazine rings is 1. The number of hydrogen-bond donors (Lipinski definition) is 3. The van der Waals surface area contributed by atoms with Crippen molar-refractivity contribution in [2.24, 2.45) is 0 Å². The molecule has 1 aliphatic heterocycles. The van der Waals surface area contributed by atoms with Crippen molar-refractivity contribution >= 4 is 0 Å². The maximum Gasteiger partial charge on any atom is 0.390 e. The molecule has 0 spiro atoms. The summed E-state index contributed by atoms with van der Waals surface area (Å²) in [6.07, 6.45) is -5.39. The van der Waals surface area contributed by atoms with Crippen molar-refractivity contribution in [3.05, 3.63) is 23.8 Å². The Balaban J connectivity index is 2.32. The van der Waals surface area contributed by atoms with E-state index in [1.165, 1.54) is 18.2 Å². The van der Waals surface area contributed by atoms with Crippen LogP contribution >= 0.6 is 0 Å². The predicted molar refractivity (Wildman–Crippen MR) is 67.6 cm³/mol. The van der Waals surface area contributed by atoms with E-state index >= 15 is 0 Å². The van der Waals surface area contributed by atoms with Crippen molar-refractivity contribution in [1.29, 1.82) is 0 Å². The van der Waals surface area contributed by atoms with E-state index < -0.39 is 30.1 Å². The van der Waals surface area contributed by atoms with Crippen LogP contribution in [-0.2, 0) is 0 Å². The third-order valence-electron chi connectivity index (χ3n) is 3.42. The first-order valence-electron chi connectivity index (χ1n) is 6.41. The number of hydrogen-bond acceptors (Lipinski definition) is 4. The Kier molecular flexibility index (Phi) is 4.39. The third-order valence-corrected chi connectivity index (χ3v) is 3.42. The molecule has 2 rings (SSSR count). The summed E-state index contributed by atoms with van der Waals surface area (Å²) in [4.78, 5) is 1.68. The number of nitrogens with zero attached hydrogens (tertiary/aromatic N) is 1. The second-order valence-corrected chi connectivity index (χ2v) is 4.84. The van der Waals surface area contributed by atoms with Gasteiger partial charge in [-0.25, -0.2) is 0 Å². The Bertz CT molecular complexity index is 459. The summed E-state index contributed by atoms with van der Waals surface area (Å²) in [5.74, 6) is -0.870. The Morgan fingerprint density at radius 1 is 1.20 bits per heavy atom. The van der Waals surface area contributed by atoms with Gasteiger partial charge in [0, 0.05) is 37.8 Å². The second kappa shape index (κ2) is 5.88. The molecule has 0 bridgehead atoms. The van der Waals surface area contributed by atoms with Crippen molar-refractivity contribution in [3.8, 4) is 11.5 Å². The van der Waals surface area contributed by atoms with Crippen molar-refractivity contribution in [3.63, 3.8) is 0 Å². The zero-order valence-corrected chi connectivity index (χ0v) is 10.8. The number of halogens is 3. The molecule has 1 atom stereocenters.